The zero-order valence-corrected chi connectivity index (χ0v) is 10.8. The van der Waals surface area contributed by atoms with Gasteiger partial charge in [0.25, 0.3) is 0 Å². The topological polar surface area (TPSA) is 64.6 Å². The molecule has 102 valence electrons. The molecule has 3 N–H and O–H groups in total. The summed E-state index contributed by atoms with van der Waals surface area (Å²) in [5.41, 5.74) is 0. The van der Waals surface area contributed by atoms with Gasteiger partial charge < -0.3 is 20.6 Å². The molecule has 0 aromatic heterocycles. The number of hydrogen-bond acceptors (Lipinski definition) is 3. The number of fused-ring (bicyclic) bond motifs is 2. The van der Waals surface area contributed by atoms with E-state index < -0.39 is 0 Å². The van der Waals surface area contributed by atoms with Crippen LogP contribution in [0.2, 0.25) is 0 Å². The maximum Gasteiger partial charge on any atom is 0.318 e. The Hall–Kier alpha value is -0.810. The molecule has 0 unspecified atom stereocenters. The van der Waals surface area contributed by atoms with E-state index in [9.17, 15) is 9.90 Å². The van der Waals surface area contributed by atoms with Gasteiger partial charge in [-0.1, -0.05) is 0 Å². The molecule has 18 heavy (non-hydrogen) atoms. The Morgan fingerprint density at radius 2 is 1.94 bits per heavy atom. The van der Waals surface area contributed by atoms with Crippen molar-refractivity contribution in [1.82, 2.24) is 15.5 Å². The average Bonchev–Trinajstić information content (AvgIpc) is 2.63. The number of carbonyl (C=O) groups excluding carboxylic acids is 1. The smallest absolute Gasteiger partial charge is 0.318 e. The standard InChI is InChI=1S/C13H23N3O2/c17-12-6-10-3-4-11(7-12)16(10)13(18)15-9-2-1-5-14-8-9/h9-12,14,17H,1-8H2,(H,15,18)/t9-,10-,11+,12+/m0/s1. The molecule has 3 aliphatic heterocycles. The zero-order chi connectivity index (χ0) is 12.5. The van der Waals surface area contributed by atoms with Gasteiger partial charge in [-0.15, -0.1) is 0 Å². The predicted octanol–water partition coefficient (Wildman–Crippen LogP) is 0.436. The first-order valence-corrected chi connectivity index (χ1v) is 7.21. The van der Waals surface area contributed by atoms with E-state index in [2.05, 4.69) is 10.6 Å². The highest BCUT2D eigenvalue weighted by molar-refractivity contribution is 5.76. The van der Waals surface area contributed by atoms with Crippen LogP contribution in [0.25, 0.3) is 0 Å². The predicted molar refractivity (Wildman–Crippen MR) is 68.3 cm³/mol. The number of urea groups is 1. The van der Waals surface area contributed by atoms with Crippen LogP contribution in [0.4, 0.5) is 4.79 Å². The molecule has 0 aliphatic carbocycles. The molecule has 0 aromatic rings. The van der Waals surface area contributed by atoms with E-state index in [4.69, 9.17) is 0 Å². The molecule has 5 heteroatoms. The van der Waals surface area contributed by atoms with Crippen molar-refractivity contribution >= 4 is 6.03 Å². The second kappa shape index (κ2) is 5.05. The zero-order valence-electron chi connectivity index (χ0n) is 10.8. The third-order valence-corrected chi connectivity index (χ3v) is 4.57. The molecule has 0 saturated carbocycles. The number of carbonyl (C=O) groups is 1. The highest BCUT2D eigenvalue weighted by Crippen LogP contribution is 2.35. The second-order valence-corrected chi connectivity index (χ2v) is 5.91. The lowest BCUT2D eigenvalue weighted by molar-refractivity contribution is 0.0532. The van der Waals surface area contributed by atoms with Crippen molar-refractivity contribution < 1.29 is 9.90 Å². The summed E-state index contributed by atoms with van der Waals surface area (Å²) in [6, 6.07) is 0.881. The molecule has 4 atom stereocenters. The summed E-state index contributed by atoms with van der Waals surface area (Å²) in [6.07, 6.45) is 5.62. The summed E-state index contributed by atoms with van der Waals surface area (Å²) in [4.78, 5) is 14.3. The van der Waals surface area contributed by atoms with Crippen molar-refractivity contribution in [3.05, 3.63) is 0 Å². The summed E-state index contributed by atoms with van der Waals surface area (Å²) >= 11 is 0. The molecule has 3 saturated heterocycles. The van der Waals surface area contributed by atoms with Crippen molar-refractivity contribution in [3.8, 4) is 0 Å². The van der Waals surface area contributed by atoms with Gasteiger partial charge in [0, 0.05) is 24.7 Å². The number of aliphatic hydroxyl groups is 1. The fourth-order valence-electron chi connectivity index (χ4n) is 3.70. The van der Waals surface area contributed by atoms with Crippen molar-refractivity contribution in [1.29, 1.82) is 0 Å². The van der Waals surface area contributed by atoms with Crippen LogP contribution < -0.4 is 10.6 Å². The Balaban J connectivity index is 1.59. The second-order valence-electron chi connectivity index (χ2n) is 5.91. The lowest BCUT2D eigenvalue weighted by atomic mass is 10.0. The molecular formula is C13H23N3O2. The maximum absolute atomic E-state index is 12.3. The van der Waals surface area contributed by atoms with Gasteiger partial charge in [0.15, 0.2) is 0 Å². The molecule has 2 bridgehead atoms. The minimum atomic E-state index is -0.206. The maximum atomic E-state index is 12.3. The molecule has 3 rings (SSSR count). The van der Waals surface area contributed by atoms with Crippen LogP contribution >= 0.6 is 0 Å². The number of amides is 2. The molecule has 3 aliphatic rings. The SMILES string of the molecule is O=C(N[C@H]1CCCNC1)N1[C@@H]2CC[C@H]1C[C@@H](O)C2. The quantitative estimate of drug-likeness (QED) is 0.635. The molecule has 3 fully saturated rings. The van der Waals surface area contributed by atoms with Crippen LogP contribution in [-0.2, 0) is 0 Å². The Labute approximate surface area is 108 Å². The summed E-state index contributed by atoms with van der Waals surface area (Å²) in [5.74, 6) is 0. The number of aliphatic hydroxyl groups excluding tert-OH is 1. The van der Waals surface area contributed by atoms with Gasteiger partial charge in [-0.2, -0.15) is 0 Å². The number of hydrogen-bond donors (Lipinski definition) is 3. The monoisotopic (exact) mass is 253 g/mol. The largest absolute Gasteiger partial charge is 0.393 e. The van der Waals surface area contributed by atoms with Crippen LogP contribution in [0.3, 0.4) is 0 Å². The van der Waals surface area contributed by atoms with Crippen LogP contribution in [-0.4, -0.2) is 53.4 Å². The number of nitrogens with one attached hydrogen (secondary N) is 2. The van der Waals surface area contributed by atoms with Crippen LogP contribution in [0.5, 0.6) is 0 Å². The number of piperidine rings is 2. The summed E-state index contributed by atoms with van der Waals surface area (Å²) in [5, 5.41) is 16.2. The number of nitrogens with zero attached hydrogens (tertiary/aromatic N) is 1. The van der Waals surface area contributed by atoms with Gasteiger partial charge in [-0.05, 0) is 45.1 Å². The van der Waals surface area contributed by atoms with E-state index in [-0.39, 0.29) is 30.3 Å². The molecule has 3 heterocycles. The van der Waals surface area contributed by atoms with Crippen LogP contribution in [0, 0.1) is 0 Å². The Morgan fingerprint density at radius 1 is 1.22 bits per heavy atom. The van der Waals surface area contributed by atoms with Crippen molar-refractivity contribution in [2.75, 3.05) is 13.1 Å². The Morgan fingerprint density at radius 3 is 2.56 bits per heavy atom. The lowest BCUT2D eigenvalue weighted by Gasteiger charge is -2.38. The van der Waals surface area contributed by atoms with E-state index in [0.29, 0.717) is 0 Å². The van der Waals surface area contributed by atoms with Gasteiger partial charge in [0.1, 0.15) is 0 Å². The van der Waals surface area contributed by atoms with Crippen LogP contribution in [0.15, 0.2) is 0 Å². The first-order chi connectivity index (χ1) is 8.74. The molecule has 0 radical (unpaired) electrons. The lowest BCUT2D eigenvalue weighted by Crippen LogP contribution is -2.56. The van der Waals surface area contributed by atoms with Gasteiger partial charge >= 0.3 is 6.03 Å². The van der Waals surface area contributed by atoms with Gasteiger partial charge in [-0.25, -0.2) is 4.79 Å². The number of rotatable bonds is 1. The minimum Gasteiger partial charge on any atom is -0.393 e. The third kappa shape index (κ3) is 2.34. The van der Waals surface area contributed by atoms with Gasteiger partial charge in [-0.3, -0.25) is 0 Å². The molecule has 2 amide bonds. The van der Waals surface area contributed by atoms with Crippen molar-refractivity contribution in [2.45, 2.75) is 62.8 Å². The highest BCUT2D eigenvalue weighted by Gasteiger charge is 2.43. The van der Waals surface area contributed by atoms with E-state index >= 15 is 0 Å². The Bertz CT molecular complexity index is 303. The fourth-order valence-corrected chi connectivity index (χ4v) is 3.70. The fraction of sp³-hybridized carbons (Fsp3) is 0.923. The van der Waals surface area contributed by atoms with Crippen molar-refractivity contribution in [3.63, 3.8) is 0 Å². The normalized spacial score (nSPS) is 39.7. The minimum absolute atomic E-state index is 0.0862. The van der Waals surface area contributed by atoms with Gasteiger partial charge in [0.05, 0.1) is 6.10 Å². The molecule has 0 spiro atoms. The van der Waals surface area contributed by atoms with Crippen molar-refractivity contribution in [2.24, 2.45) is 0 Å². The summed E-state index contributed by atoms with van der Waals surface area (Å²) in [7, 11) is 0. The third-order valence-electron chi connectivity index (χ3n) is 4.57. The summed E-state index contributed by atoms with van der Waals surface area (Å²) < 4.78 is 0. The van der Waals surface area contributed by atoms with E-state index in [1.165, 1.54) is 0 Å². The average molecular weight is 253 g/mol. The Kier molecular flexibility index (Phi) is 3.43. The van der Waals surface area contributed by atoms with Gasteiger partial charge in [0.2, 0.25) is 0 Å². The molecule has 5 nitrogen and oxygen atoms in total. The first-order valence-electron chi connectivity index (χ1n) is 7.21. The molecule has 0 aromatic carbocycles. The van der Waals surface area contributed by atoms with Crippen LogP contribution in [0.1, 0.15) is 38.5 Å². The van der Waals surface area contributed by atoms with E-state index in [1.54, 1.807) is 0 Å². The van der Waals surface area contributed by atoms with E-state index in [1.807, 2.05) is 4.90 Å². The van der Waals surface area contributed by atoms with E-state index in [0.717, 1.165) is 51.6 Å². The first kappa shape index (κ1) is 12.2. The highest BCUT2D eigenvalue weighted by atomic mass is 16.3. The summed E-state index contributed by atoms with van der Waals surface area (Å²) in [6.45, 7) is 1.95. The molecular weight excluding hydrogens is 230 g/mol.